The van der Waals surface area contributed by atoms with E-state index in [9.17, 15) is 13.2 Å². The lowest BCUT2D eigenvalue weighted by molar-refractivity contribution is -0.136. The molecule has 1 fully saturated rings. The zero-order chi connectivity index (χ0) is 18.6. The third-order valence-corrected chi connectivity index (χ3v) is 4.84. The standard InChI is InChI=1S/C17H20BF3N2O2/c1-11-8-9-23(22-11)12-6-7-14(13(10-12)17(19,20)21)18-24-15(2,3)16(4,5)25-18/h6-10H,1-5H3. The zero-order valence-corrected chi connectivity index (χ0v) is 14.8. The summed E-state index contributed by atoms with van der Waals surface area (Å²) in [5.41, 5.74) is -1.17. The molecule has 1 aliphatic heterocycles. The average molecular weight is 352 g/mol. The lowest BCUT2D eigenvalue weighted by atomic mass is 9.75. The van der Waals surface area contributed by atoms with Gasteiger partial charge >= 0.3 is 13.3 Å². The predicted molar refractivity (Wildman–Crippen MR) is 89.0 cm³/mol. The number of halogens is 3. The second-order valence-corrected chi connectivity index (χ2v) is 7.26. The summed E-state index contributed by atoms with van der Waals surface area (Å²) in [6.45, 7) is 9.00. The highest BCUT2D eigenvalue weighted by Gasteiger charge is 2.53. The van der Waals surface area contributed by atoms with E-state index in [0.29, 0.717) is 5.69 Å². The highest BCUT2D eigenvalue weighted by atomic mass is 19.4. The van der Waals surface area contributed by atoms with E-state index in [1.165, 1.54) is 10.7 Å². The molecule has 1 aliphatic rings. The second kappa shape index (κ2) is 5.61. The fourth-order valence-electron chi connectivity index (χ4n) is 2.67. The molecule has 0 amide bonds. The highest BCUT2D eigenvalue weighted by molar-refractivity contribution is 6.62. The molecule has 134 valence electrons. The third-order valence-electron chi connectivity index (χ3n) is 4.84. The molecule has 1 aromatic carbocycles. The Bertz CT molecular complexity index is 783. The molecule has 0 radical (unpaired) electrons. The largest absolute Gasteiger partial charge is 0.495 e. The van der Waals surface area contributed by atoms with Crippen LogP contribution in [-0.4, -0.2) is 28.1 Å². The molecular formula is C17H20BF3N2O2. The minimum Gasteiger partial charge on any atom is -0.399 e. The van der Waals surface area contributed by atoms with Gasteiger partial charge in [0.05, 0.1) is 28.1 Å². The Morgan fingerprint density at radius 2 is 1.64 bits per heavy atom. The van der Waals surface area contributed by atoms with Crippen LogP contribution >= 0.6 is 0 Å². The molecule has 8 heteroatoms. The monoisotopic (exact) mass is 352 g/mol. The van der Waals surface area contributed by atoms with Gasteiger partial charge in [0.1, 0.15) is 0 Å². The molecule has 2 aromatic rings. The van der Waals surface area contributed by atoms with E-state index >= 15 is 0 Å². The van der Waals surface area contributed by atoms with Gasteiger partial charge in [-0.15, -0.1) is 0 Å². The molecule has 1 aromatic heterocycles. The Morgan fingerprint density at radius 3 is 2.12 bits per heavy atom. The van der Waals surface area contributed by atoms with Crippen LogP contribution in [0.4, 0.5) is 13.2 Å². The molecular weight excluding hydrogens is 332 g/mol. The van der Waals surface area contributed by atoms with Gasteiger partial charge in [0, 0.05) is 6.20 Å². The maximum absolute atomic E-state index is 13.6. The van der Waals surface area contributed by atoms with Crippen molar-refractivity contribution in [2.45, 2.75) is 52.0 Å². The lowest BCUT2D eigenvalue weighted by Crippen LogP contribution is -2.41. The molecule has 4 nitrogen and oxygen atoms in total. The Kier molecular flexibility index (Phi) is 4.04. The quantitative estimate of drug-likeness (QED) is 0.777. The van der Waals surface area contributed by atoms with Gasteiger partial charge in [-0.1, -0.05) is 6.07 Å². The molecule has 0 aliphatic carbocycles. The van der Waals surface area contributed by atoms with E-state index in [1.807, 2.05) is 0 Å². The number of hydrogen-bond acceptors (Lipinski definition) is 3. The van der Waals surface area contributed by atoms with Crippen molar-refractivity contribution in [1.82, 2.24) is 9.78 Å². The maximum Gasteiger partial charge on any atom is 0.495 e. The van der Waals surface area contributed by atoms with Crippen LogP contribution in [0, 0.1) is 6.92 Å². The van der Waals surface area contributed by atoms with Crippen molar-refractivity contribution in [3.05, 3.63) is 41.7 Å². The van der Waals surface area contributed by atoms with Gasteiger partial charge in [-0.3, -0.25) is 0 Å². The van der Waals surface area contributed by atoms with Crippen LogP contribution in [0.5, 0.6) is 0 Å². The minimum atomic E-state index is -4.53. The van der Waals surface area contributed by atoms with Crippen LogP contribution in [0.1, 0.15) is 39.0 Å². The summed E-state index contributed by atoms with van der Waals surface area (Å²) >= 11 is 0. The first-order valence-electron chi connectivity index (χ1n) is 8.00. The summed E-state index contributed by atoms with van der Waals surface area (Å²) < 4.78 is 53.9. The van der Waals surface area contributed by atoms with E-state index in [1.54, 1.807) is 52.9 Å². The highest BCUT2D eigenvalue weighted by Crippen LogP contribution is 2.38. The average Bonchev–Trinajstić information content (AvgIpc) is 2.99. The summed E-state index contributed by atoms with van der Waals surface area (Å²) in [6, 6.07) is 5.79. The molecule has 3 rings (SSSR count). The van der Waals surface area contributed by atoms with Gasteiger partial charge < -0.3 is 9.31 Å². The number of hydrogen-bond donors (Lipinski definition) is 0. The van der Waals surface area contributed by atoms with Crippen LogP contribution in [0.3, 0.4) is 0 Å². The van der Waals surface area contributed by atoms with E-state index in [4.69, 9.17) is 9.31 Å². The fourth-order valence-corrected chi connectivity index (χ4v) is 2.67. The van der Waals surface area contributed by atoms with Crippen molar-refractivity contribution in [1.29, 1.82) is 0 Å². The fraction of sp³-hybridized carbons (Fsp3) is 0.471. The zero-order valence-electron chi connectivity index (χ0n) is 14.8. The smallest absolute Gasteiger partial charge is 0.399 e. The molecule has 0 atom stereocenters. The number of alkyl halides is 3. The molecule has 2 heterocycles. The first kappa shape index (κ1) is 18.0. The maximum atomic E-state index is 13.6. The van der Waals surface area contributed by atoms with Crippen molar-refractivity contribution in [3.63, 3.8) is 0 Å². The van der Waals surface area contributed by atoms with E-state index in [0.717, 1.165) is 11.8 Å². The van der Waals surface area contributed by atoms with Crippen molar-refractivity contribution in [2.75, 3.05) is 0 Å². The van der Waals surface area contributed by atoms with Crippen LogP contribution in [0.25, 0.3) is 5.69 Å². The van der Waals surface area contributed by atoms with Gasteiger partial charge in [-0.2, -0.15) is 18.3 Å². The Hall–Kier alpha value is -1.80. The normalized spacial score (nSPS) is 19.4. The van der Waals surface area contributed by atoms with Crippen molar-refractivity contribution in [2.24, 2.45) is 0 Å². The van der Waals surface area contributed by atoms with Gasteiger partial charge in [0.2, 0.25) is 0 Å². The Morgan fingerprint density at radius 1 is 1.04 bits per heavy atom. The van der Waals surface area contributed by atoms with Gasteiger partial charge in [0.15, 0.2) is 0 Å². The summed E-state index contributed by atoms with van der Waals surface area (Å²) in [5.74, 6) is 0. The van der Waals surface area contributed by atoms with E-state index in [-0.39, 0.29) is 5.46 Å². The molecule has 0 bridgehead atoms. The van der Waals surface area contributed by atoms with Crippen LogP contribution < -0.4 is 5.46 Å². The number of rotatable bonds is 2. The molecule has 0 saturated carbocycles. The summed E-state index contributed by atoms with van der Waals surface area (Å²) in [5, 5.41) is 4.16. The molecule has 0 unspecified atom stereocenters. The van der Waals surface area contributed by atoms with Gasteiger partial charge in [0.25, 0.3) is 0 Å². The SMILES string of the molecule is Cc1ccn(-c2ccc(B3OC(C)(C)C(C)(C)O3)c(C(F)(F)F)c2)n1. The first-order valence-corrected chi connectivity index (χ1v) is 8.00. The van der Waals surface area contributed by atoms with Crippen LogP contribution in [0.2, 0.25) is 0 Å². The van der Waals surface area contributed by atoms with Gasteiger partial charge in [-0.05, 0) is 58.3 Å². The van der Waals surface area contributed by atoms with Crippen LogP contribution in [0.15, 0.2) is 30.5 Å². The number of benzene rings is 1. The molecule has 25 heavy (non-hydrogen) atoms. The summed E-state index contributed by atoms with van der Waals surface area (Å²) in [7, 11) is -1.07. The third kappa shape index (κ3) is 3.20. The predicted octanol–water partition coefficient (Wildman–Crippen LogP) is 3.50. The lowest BCUT2D eigenvalue weighted by Gasteiger charge is -2.32. The number of aryl methyl sites for hydroxylation is 1. The van der Waals surface area contributed by atoms with Crippen LogP contribution in [-0.2, 0) is 15.5 Å². The molecule has 1 saturated heterocycles. The summed E-state index contributed by atoms with van der Waals surface area (Å²) in [4.78, 5) is 0. The first-order chi connectivity index (χ1) is 11.4. The minimum absolute atomic E-state index is 0.0289. The van der Waals surface area contributed by atoms with E-state index in [2.05, 4.69) is 5.10 Å². The van der Waals surface area contributed by atoms with Crippen molar-refractivity contribution < 1.29 is 22.5 Å². The number of nitrogens with zero attached hydrogens (tertiary/aromatic N) is 2. The van der Waals surface area contributed by atoms with Crippen molar-refractivity contribution >= 4 is 12.6 Å². The molecule has 0 spiro atoms. The van der Waals surface area contributed by atoms with Gasteiger partial charge in [-0.25, -0.2) is 4.68 Å². The Labute approximate surface area is 145 Å². The number of aromatic nitrogens is 2. The summed E-state index contributed by atoms with van der Waals surface area (Å²) in [6.07, 6.45) is -2.91. The van der Waals surface area contributed by atoms with E-state index < -0.39 is 30.1 Å². The topological polar surface area (TPSA) is 36.3 Å². The van der Waals surface area contributed by atoms with Crippen molar-refractivity contribution in [3.8, 4) is 5.69 Å². The second-order valence-electron chi connectivity index (χ2n) is 7.26. The molecule has 0 N–H and O–H groups in total. The Balaban J connectivity index is 2.06.